The number of likely N-dealkylation sites (tertiary alicyclic amines) is 1. The average Bonchev–Trinajstić information content (AvgIpc) is 4.22. The number of aromatic nitrogens is 4. The summed E-state index contributed by atoms with van der Waals surface area (Å²) in [4.78, 5) is 56.1. The summed E-state index contributed by atoms with van der Waals surface area (Å²) >= 11 is -1.55. The summed E-state index contributed by atoms with van der Waals surface area (Å²) in [5.41, 5.74) is 5.00. The number of thiazole rings is 1. The van der Waals surface area contributed by atoms with Gasteiger partial charge in [0.05, 0.1) is 69.8 Å². The standard InChI is InChI=1S/C50H49F3N8O8S2/c1-27-19-43(69-58-27)37(50(65)60-25-35(62)21-42(60)49(64)57-28(2)30-6-8-32(9-7-30)47-29(3)56-26-70-47)5-4-18-68-36-12-10-31(11-13-36)33-20-38-39(23-55-48(38)54-22-33)46(63)44-40(52)14-15-41(45(44)53)61(71(66)67)59-17-16-34(51)24-59/h6-15,19-20,22-23,26,28,34-35,37,42,62H,4-5,16-18,21,24-25H2,1-3H3,(H,54,55)(H,57,64)(H,66,67)/p-1/t28-,34+,35+,37-,42-/m0/s1. The molecule has 7 aromatic rings. The Morgan fingerprint density at radius 3 is 2.48 bits per heavy atom. The molecular formula is C50H48F3N8O8S2-. The number of anilines is 1. The number of ketones is 1. The molecule has 6 atom stereocenters. The summed E-state index contributed by atoms with van der Waals surface area (Å²) in [6.45, 7) is 5.39. The van der Waals surface area contributed by atoms with Crippen LogP contribution in [0.2, 0.25) is 0 Å². The number of alkyl halides is 1. The zero-order chi connectivity index (χ0) is 50.1. The number of hydrogen-bond donors (Lipinski definition) is 3. The van der Waals surface area contributed by atoms with E-state index in [0.29, 0.717) is 39.2 Å². The van der Waals surface area contributed by atoms with Crippen LogP contribution in [0.15, 0.2) is 95.2 Å². The molecule has 2 aliphatic rings. The number of pyridine rings is 1. The Kier molecular flexibility index (Phi) is 14.5. The third kappa shape index (κ3) is 10.4. The van der Waals surface area contributed by atoms with Crippen molar-refractivity contribution < 1.29 is 50.7 Å². The summed E-state index contributed by atoms with van der Waals surface area (Å²) in [7, 11) is 0. The molecule has 16 nitrogen and oxygen atoms in total. The first-order valence-corrected chi connectivity index (χ1v) is 24.8. The van der Waals surface area contributed by atoms with Crippen LogP contribution in [0.5, 0.6) is 5.75 Å². The number of fused-ring (bicyclic) bond motifs is 1. The van der Waals surface area contributed by atoms with E-state index in [0.717, 1.165) is 38.8 Å². The van der Waals surface area contributed by atoms with E-state index in [1.165, 1.54) is 11.1 Å². The van der Waals surface area contributed by atoms with Gasteiger partial charge in [-0.2, -0.15) is 0 Å². The molecule has 6 heterocycles. The fourth-order valence-corrected chi connectivity index (χ4v) is 10.6. The van der Waals surface area contributed by atoms with Gasteiger partial charge in [0, 0.05) is 54.5 Å². The van der Waals surface area contributed by atoms with Gasteiger partial charge in [0.15, 0.2) is 5.82 Å². The first-order chi connectivity index (χ1) is 34.1. The smallest absolute Gasteiger partial charge is 0.243 e. The molecule has 370 valence electrons. The summed E-state index contributed by atoms with van der Waals surface area (Å²) in [5.74, 6) is -4.42. The van der Waals surface area contributed by atoms with Crippen LogP contribution in [-0.4, -0.2) is 106 Å². The van der Waals surface area contributed by atoms with Crippen LogP contribution < -0.4 is 14.5 Å². The van der Waals surface area contributed by atoms with Crippen LogP contribution in [-0.2, 0) is 20.9 Å². The maximum Gasteiger partial charge on any atom is 0.243 e. The maximum absolute atomic E-state index is 16.0. The fraction of sp³-hybridized carbons (Fsp3) is 0.320. The van der Waals surface area contributed by atoms with Gasteiger partial charge in [0.2, 0.25) is 17.6 Å². The number of hydrazine groups is 1. The number of nitrogens with zero attached hydrogens (tertiary/aromatic N) is 6. The molecule has 0 radical (unpaired) electrons. The molecule has 9 rings (SSSR count). The zero-order valence-corrected chi connectivity index (χ0v) is 40.3. The van der Waals surface area contributed by atoms with E-state index >= 15 is 8.78 Å². The van der Waals surface area contributed by atoms with Gasteiger partial charge in [-0.05, 0) is 87.1 Å². The number of halogens is 3. The van der Waals surface area contributed by atoms with Crippen molar-refractivity contribution in [3.05, 3.63) is 136 Å². The van der Waals surface area contributed by atoms with Crippen molar-refractivity contribution in [2.24, 2.45) is 0 Å². The number of aliphatic hydroxyl groups excluding tert-OH is 1. The highest BCUT2D eigenvalue weighted by atomic mass is 32.2. The molecule has 3 N–H and O–H groups in total. The van der Waals surface area contributed by atoms with Crippen molar-refractivity contribution in [2.75, 3.05) is 30.7 Å². The van der Waals surface area contributed by atoms with E-state index < -0.39 is 64.2 Å². The van der Waals surface area contributed by atoms with Crippen molar-refractivity contribution in [1.82, 2.24) is 35.3 Å². The molecule has 2 saturated heterocycles. The van der Waals surface area contributed by atoms with E-state index in [1.807, 2.05) is 38.1 Å². The number of β-amino-alcohol motifs (C(OH)–C–C–N with tert-alkyl or cyclic N) is 1. The van der Waals surface area contributed by atoms with Crippen molar-refractivity contribution >= 4 is 56.9 Å². The third-order valence-corrected chi connectivity index (χ3v) is 14.5. The number of carbonyl (C=O) groups is 3. The molecule has 2 amide bonds. The number of hydrogen-bond acceptors (Lipinski definition) is 13. The van der Waals surface area contributed by atoms with Gasteiger partial charge in [0.25, 0.3) is 0 Å². The minimum absolute atomic E-state index is 0.0163. The number of nitrogens with one attached hydrogen (secondary N) is 2. The number of ether oxygens (including phenoxy) is 1. The Balaban J connectivity index is 0.842. The monoisotopic (exact) mass is 1010 g/mol. The van der Waals surface area contributed by atoms with Crippen LogP contribution in [0.4, 0.5) is 18.9 Å². The van der Waals surface area contributed by atoms with Crippen molar-refractivity contribution in [1.29, 1.82) is 0 Å². The Bertz CT molecular complexity index is 3110. The number of aromatic amines is 1. The molecule has 3 aromatic carbocycles. The summed E-state index contributed by atoms with van der Waals surface area (Å²) in [5, 5.41) is 19.1. The first kappa shape index (κ1) is 49.2. The molecule has 0 aliphatic carbocycles. The van der Waals surface area contributed by atoms with E-state index in [1.54, 1.807) is 66.4 Å². The maximum atomic E-state index is 16.0. The molecule has 0 spiro atoms. The number of rotatable bonds is 17. The normalized spacial score (nSPS) is 18.4. The highest BCUT2D eigenvalue weighted by Crippen LogP contribution is 2.35. The van der Waals surface area contributed by atoms with Gasteiger partial charge in [-0.25, -0.2) is 32.6 Å². The predicted molar refractivity (Wildman–Crippen MR) is 257 cm³/mol. The topological polar surface area (TPSA) is 210 Å². The minimum atomic E-state index is -3.10. The second-order valence-electron chi connectivity index (χ2n) is 17.6. The van der Waals surface area contributed by atoms with Crippen LogP contribution in [0, 0.1) is 25.5 Å². The quantitative estimate of drug-likeness (QED) is 0.0453. The van der Waals surface area contributed by atoms with Crippen LogP contribution in [0.25, 0.3) is 32.6 Å². The third-order valence-electron chi connectivity index (χ3n) is 12.8. The average molecular weight is 1010 g/mol. The largest absolute Gasteiger partial charge is 0.754 e. The second-order valence-corrected chi connectivity index (χ2v) is 19.3. The molecule has 4 aromatic heterocycles. The Morgan fingerprint density at radius 2 is 1.80 bits per heavy atom. The van der Waals surface area contributed by atoms with Crippen LogP contribution >= 0.6 is 11.3 Å². The number of carbonyl (C=O) groups excluding carboxylic acids is 3. The number of aliphatic hydroxyl groups is 1. The van der Waals surface area contributed by atoms with Gasteiger partial charge in [-0.1, -0.05) is 41.6 Å². The molecule has 2 fully saturated rings. The number of H-pyrrole nitrogens is 1. The lowest BCUT2D eigenvalue weighted by atomic mass is 9.97. The number of amides is 2. The molecular weight excluding hydrogens is 962 g/mol. The summed E-state index contributed by atoms with van der Waals surface area (Å²) < 4.78 is 81.8. The molecule has 21 heteroatoms. The first-order valence-electron chi connectivity index (χ1n) is 22.9. The minimum Gasteiger partial charge on any atom is -0.754 e. The fourth-order valence-electron chi connectivity index (χ4n) is 9.13. The lowest BCUT2D eigenvalue weighted by Gasteiger charge is -2.34. The Hall–Kier alpha value is -6.78. The lowest BCUT2D eigenvalue weighted by molar-refractivity contribution is -0.140. The number of benzene rings is 3. The molecule has 0 saturated carbocycles. The molecule has 1 unspecified atom stereocenters. The van der Waals surface area contributed by atoms with Gasteiger partial charge in [-0.3, -0.25) is 18.6 Å². The van der Waals surface area contributed by atoms with Crippen molar-refractivity contribution in [3.8, 4) is 27.3 Å². The van der Waals surface area contributed by atoms with Crippen LogP contribution in [0.1, 0.15) is 83.2 Å². The lowest BCUT2D eigenvalue weighted by Crippen LogP contribution is -2.48. The number of aryl methyl sites for hydroxylation is 2. The van der Waals surface area contributed by atoms with E-state index in [2.05, 4.69) is 25.4 Å². The highest BCUT2D eigenvalue weighted by Gasteiger charge is 2.43. The van der Waals surface area contributed by atoms with E-state index in [-0.39, 0.29) is 80.0 Å². The van der Waals surface area contributed by atoms with Crippen molar-refractivity contribution in [2.45, 2.75) is 76.7 Å². The second kappa shape index (κ2) is 20.9. The van der Waals surface area contributed by atoms with E-state index in [9.17, 15) is 32.6 Å². The van der Waals surface area contributed by atoms with Gasteiger partial charge in [-0.15, -0.1) is 11.3 Å². The highest BCUT2D eigenvalue weighted by molar-refractivity contribution is 7.80. The SMILES string of the molecule is Cc1cc([C@H](CCCOc2ccc(-c3cnc4[nH]cc(C(=O)c5c(F)ccc(N(N6CC[C@@H](F)C6)S(=O)[O-])c5F)c4c3)cc2)C(=O)N2C[C@H](O)C[C@H]2C(=O)N[C@@H](C)c2ccc(-c3scnc3C)cc2)on1. The summed E-state index contributed by atoms with van der Waals surface area (Å²) in [6.07, 6.45) is 1.36. The van der Waals surface area contributed by atoms with E-state index in [4.69, 9.17) is 9.26 Å². The van der Waals surface area contributed by atoms with Gasteiger partial charge in [0.1, 0.15) is 40.9 Å². The van der Waals surface area contributed by atoms with Gasteiger partial charge >= 0.3 is 0 Å². The predicted octanol–water partition coefficient (Wildman–Crippen LogP) is 7.81. The van der Waals surface area contributed by atoms with Gasteiger partial charge < -0.3 is 34.1 Å². The zero-order valence-electron chi connectivity index (χ0n) is 38.6. The van der Waals surface area contributed by atoms with Crippen LogP contribution in [0.3, 0.4) is 0 Å². The Labute approximate surface area is 412 Å². The molecule has 2 aliphatic heterocycles. The summed E-state index contributed by atoms with van der Waals surface area (Å²) in [6, 6.07) is 18.6. The van der Waals surface area contributed by atoms with Crippen molar-refractivity contribution in [3.63, 3.8) is 0 Å². The molecule has 71 heavy (non-hydrogen) atoms. The Morgan fingerprint density at radius 1 is 1.04 bits per heavy atom. The molecule has 0 bridgehead atoms.